The number of nitrogens with zero attached hydrogens (tertiary/aromatic N) is 3. The minimum absolute atomic E-state index is 0.789. The molecule has 4 nitrogen and oxygen atoms in total. The van der Waals surface area contributed by atoms with Crippen molar-refractivity contribution < 1.29 is 0 Å². The second kappa shape index (κ2) is 5.32. The third-order valence-corrected chi connectivity index (χ3v) is 4.87. The SMILES string of the molecule is Cc1cccc(N2CCN(c3ncc(N)s3)CC2)c1C. The smallest absolute Gasteiger partial charge is 0.187 e. The highest BCUT2D eigenvalue weighted by atomic mass is 32.1. The number of piperazine rings is 1. The molecule has 0 amide bonds. The van der Waals surface area contributed by atoms with Gasteiger partial charge in [0.15, 0.2) is 5.13 Å². The van der Waals surface area contributed by atoms with Crippen LogP contribution in [-0.2, 0) is 0 Å². The Balaban J connectivity index is 1.71. The predicted molar refractivity (Wildman–Crippen MR) is 86.9 cm³/mol. The van der Waals surface area contributed by atoms with E-state index in [1.807, 2.05) is 0 Å². The molecule has 106 valence electrons. The number of benzene rings is 1. The highest BCUT2D eigenvalue weighted by Gasteiger charge is 2.20. The summed E-state index contributed by atoms with van der Waals surface area (Å²) in [6.45, 7) is 8.44. The molecule has 5 heteroatoms. The number of nitrogen functional groups attached to an aromatic ring is 1. The van der Waals surface area contributed by atoms with Crippen LogP contribution in [0.15, 0.2) is 24.4 Å². The molecule has 0 bridgehead atoms. The Hall–Kier alpha value is -1.75. The van der Waals surface area contributed by atoms with Gasteiger partial charge in [0, 0.05) is 31.9 Å². The summed E-state index contributed by atoms with van der Waals surface area (Å²) in [6.07, 6.45) is 1.75. The maximum absolute atomic E-state index is 5.76. The zero-order valence-electron chi connectivity index (χ0n) is 12.0. The highest BCUT2D eigenvalue weighted by Crippen LogP contribution is 2.28. The topological polar surface area (TPSA) is 45.4 Å². The van der Waals surface area contributed by atoms with Crippen LogP contribution in [0.2, 0.25) is 0 Å². The summed E-state index contributed by atoms with van der Waals surface area (Å²) in [5.41, 5.74) is 9.87. The fourth-order valence-corrected chi connectivity index (χ4v) is 3.37. The summed E-state index contributed by atoms with van der Waals surface area (Å²) in [6, 6.07) is 6.54. The van der Waals surface area contributed by atoms with E-state index in [0.717, 1.165) is 36.3 Å². The summed E-state index contributed by atoms with van der Waals surface area (Å²) in [5, 5.41) is 1.83. The van der Waals surface area contributed by atoms with Crippen molar-refractivity contribution in [3.8, 4) is 0 Å². The molecule has 1 saturated heterocycles. The zero-order chi connectivity index (χ0) is 14.1. The normalized spacial score (nSPS) is 15.7. The number of hydrogen-bond donors (Lipinski definition) is 1. The van der Waals surface area contributed by atoms with Gasteiger partial charge in [0.2, 0.25) is 0 Å². The van der Waals surface area contributed by atoms with Crippen molar-refractivity contribution in [2.45, 2.75) is 13.8 Å². The van der Waals surface area contributed by atoms with Gasteiger partial charge in [0.25, 0.3) is 0 Å². The van der Waals surface area contributed by atoms with Crippen molar-refractivity contribution in [2.75, 3.05) is 41.7 Å². The van der Waals surface area contributed by atoms with Crippen molar-refractivity contribution in [2.24, 2.45) is 0 Å². The Morgan fingerprint density at radius 3 is 2.45 bits per heavy atom. The third-order valence-electron chi connectivity index (χ3n) is 3.98. The minimum Gasteiger partial charge on any atom is -0.389 e. The quantitative estimate of drug-likeness (QED) is 0.923. The Kier molecular flexibility index (Phi) is 3.53. The molecule has 1 aromatic heterocycles. The molecule has 0 spiro atoms. The highest BCUT2D eigenvalue weighted by molar-refractivity contribution is 7.19. The lowest BCUT2D eigenvalue weighted by Gasteiger charge is -2.36. The molecule has 0 atom stereocenters. The molecule has 1 aliphatic heterocycles. The van der Waals surface area contributed by atoms with Crippen LogP contribution in [0.1, 0.15) is 11.1 Å². The van der Waals surface area contributed by atoms with Crippen molar-refractivity contribution in [1.29, 1.82) is 0 Å². The molecule has 0 unspecified atom stereocenters. The van der Waals surface area contributed by atoms with Gasteiger partial charge in [-0.2, -0.15) is 0 Å². The van der Waals surface area contributed by atoms with E-state index in [9.17, 15) is 0 Å². The van der Waals surface area contributed by atoms with Crippen molar-refractivity contribution in [3.05, 3.63) is 35.5 Å². The summed E-state index contributed by atoms with van der Waals surface area (Å²) >= 11 is 1.57. The van der Waals surface area contributed by atoms with Crippen molar-refractivity contribution >= 4 is 27.2 Å². The summed E-state index contributed by atoms with van der Waals surface area (Å²) in [7, 11) is 0. The van der Waals surface area contributed by atoms with Gasteiger partial charge in [-0.25, -0.2) is 4.98 Å². The summed E-state index contributed by atoms with van der Waals surface area (Å²) < 4.78 is 0. The van der Waals surface area contributed by atoms with E-state index in [4.69, 9.17) is 5.73 Å². The third kappa shape index (κ3) is 2.45. The number of anilines is 3. The Labute approximate surface area is 123 Å². The number of nitrogens with two attached hydrogens (primary N) is 1. The van der Waals surface area contributed by atoms with E-state index in [1.54, 1.807) is 17.5 Å². The van der Waals surface area contributed by atoms with Crippen LogP contribution >= 0.6 is 11.3 Å². The van der Waals surface area contributed by atoms with Gasteiger partial charge in [-0.05, 0) is 31.0 Å². The fourth-order valence-electron chi connectivity index (χ4n) is 2.64. The average Bonchev–Trinajstić information content (AvgIpc) is 2.89. The van der Waals surface area contributed by atoms with Gasteiger partial charge in [-0.1, -0.05) is 23.5 Å². The first-order valence-corrected chi connectivity index (χ1v) is 7.74. The maximum atomic E-state index is 5.76. The molecule has 2 heterocycles. The van der Waals surface area contributed by atoms with Gasteiger partial charge in [0.1, 0.15) is 5.00 Å². The van der Waals surface area contributed by atoms with Gasteiger partial charge in [-0.15, -0.1) is 0 Å². The van der Waals surface area contributed by atoms with Crippen LogP contribution < -0.4 is 15.5 Å². The van der Waals surface area contributed by atoms with Crippen LogP contribution in [0.25, 0.3) is 0 Å². The molecular formula is C15H20N4S. The van der Waals surface area contributed by atoms with Crippen LogP contribution in [0.3, 0.4) is 0 Å². The number of aromatic nitrogens is 1. The largest absolute Gasteiger partial charge is 0.389 e. The lowest BCUT2D eigenvalue weighted by molar-refractivity contribution is 0.651. The number of rotatable bonds is 2. The first-order chi connectivity index (χ1) is 9.65. The van der Waals surface area contributed by atoms with E-state index in [0.29, 0.717) is 0 Å². The van der Waals surface area contributed by atoms with Crippen LogP contribution in [0.5, 0.6) is 0 Å². The molecule has 0 radical (unpaired) electrons. The molecule has 1 fully saturated rings. The monoisotopic (exact) mass is 288 g/mol. The lowest BCUT2D eigenvalue weighted by atomic mass is 10.1. The molecule has 1 aliphatic rings. The second-order valence-corrected chi connectivity index (χ2v) is 6.28. The Bertz CT molecular complexity index is 600. The van der Waals surface area contributed by atoms with Crippen LogP contribution in [-0.4, -0.2) is 31.2 Å². The molecule has 0 aliphatic carbocycles. The van der Waals surface area contributed by atoms with Gasteiger partial charge in [-0.3, -0.25) is 0 Å². The molecule has 1 aromatic carbocycles. The van der Waals surface area contributed by atoms with E-state index >= 15 is 0 Å². The maximum Gasteiger partial charge on any atom is 0.187 e. The Morgan fingerprint density at radius 2 is 1.80 bits per heavy atom. The van der Waals surface area contributed by atoms with Crippen LogP contribution in [0.4, 0.5) is 15.8 Å². The lowest BCUT2D eigenvalue weighted by Crippen LogP contribution is -2.46. The first kappa shape index (κ1) is 13.2. The van der Waals surface area contributed by atoms with E-state index in [-0.39, 0.29) is 0 Å². The van der Waals surface area contributed by atoms with Crippen molar-refractivity contribution in [3.63, 3.8) is 0 Å². The van der Waals surface area contributed by atoms with E-state index < -0.39 is 0 Å². The standard InChI is InChI=1S/C15H20N4S/c1-11-4-3-5-13(12(11)2)18-6-8-19(9-7-18)15-17-10-14(16)20-15/h3-5,10H,6-9,16H2,1-2H3. The Morgan fingerprint density at radius 1 is 1.10 bits per heavy atom. The molecule has 20 heavy (non-hydrogen) atoms. The van der Waals surface area contributed by atoms with E-state index in [2.05, 4.69) is 46.8 Å². The molecular weight excluding hydrogens is 268 g/mol. The molecule has 3 rings (SSSR count). The number of hydrogen-bond acceptors (Lipinski definition) is 5. The van der Waals surface area contributed by atoms with E-state index in [1.165, 1.54) is 16.8 Å². The summed E-state index contributed by atoms with van der Waals surface area (Å²) in [4.78, 5) is 9.16. The predicted octanol–water partition coefficient (Wildman–Crippen LogP) is 2.67. The van der Waals surface area contributed by atoms with Crippen LogP contribution in [0, 0.1) is 13.8 Å². The number of thiazole rings is 1. The minimum atomic E-state index is 0.789. The number of aryl methyl sites for hydroxylation is 1. The molecule has 2 N–H and O–H groups in total. The summed E-state index contributed by atoms with van der Waals surface area (Å²) in [5.74, 6) is 0. The fraction of sp³-hybridized carbons (Fsp3) is 0.400. The average molecular weight is 288 g/mol. The van der Waals surface area contributed by atoms with Crippen molar-refractivity contribution in [1.82, 2.24) is 4.98 Å². The van der Waals surface area contributed by atoms with Gasteiger partial charge < -0.3 is 15.5 Å². The second-order valence-electron chi connectivity index (χ2n) is 5.24. The zero-order valence-corrected chi connectivity index (χ0v) is 12.8. The first-order valence-electron chi connectivity index (χ1n) is 6.92. The van der Waals surface area contributed by atoms with Gasteiger partial charge >= 0.3 is 0 Å². The van der Waals surface area contributed by atoms with Gasteiger partial charge in [0.05, 0.1) is 6.20 Å². The molecule has 0 saturated carbocycles. The molecule has 2 aromatic rings.